The van der Waals surface area contributed by atoms with Gasteiger partial charge in [0.05, 0.1) is 0 Å². The SMILES string of the molecule is CN1CCN(CC(=O)NCCCn2cccn2)C1=O. The van der Waals surface area contributed by atoms with Gasteiger partial charge >= 0.3 is 6.03 Å². The Kier molecular flexibility index (Phi) is 4.38. The molecule has 7 nitrogen and oxygen atoms in total. The second-order valence-corrected chi connectivity index (χ2v) is 4.60. The van der Waals surface area contributed by atoms with Crippen LogP contribution >= 0.6 is 0 Å². The van der Waals surface area contributed by atoms with Gasteiger partial charge in [0.25, 0.3) is 0 Å². The summed E-state index contributed by atoms with van der Waals surface area (Å²) in [6, 6.07) is 1.79. The first-order valence-corrected chi connectivity index (χ1v) is 6.41. The Labute approximate surface area is 112 Å². The van der Waals surface area contributed by atoms with Crippen molar-refractivity contribution in [3.8, 4) is 0 Å². The average Bonchev–Trinajstić information content (AvgIpc) is 3.00. The summed E-state index contributed by atoms with van der Waals surface area (Å²) >= 11 is 0. The Hall–Kier alpha value is -2.05. The fourth-order valence-corrected chi connectivity index (χ4v) is 1.98. The number of nitrogens with one attached hydrogen (secondary N) is 1. The molecular weight excluding hydrogens is 246 g/mol. The predicted molar refractivity (Wildman–Crippen MR) is 69.5 cm³/mol. The molecule has 3 amide bonds. The monoisotopic (exact) mass is 265 g/mol. The Morgan fingerprint density at radius 1 is 1.47 bits per heavy atom. The van der Waals surface area contributed by atoms with Gasteiger partial charge in [-0.25, -0.2) is 4.79 Å². The van der Waals surface area contributed by atoms with Crippen LogP contribution in [0.15, 0.2) is 18.5 Å². The lowest BCUT2D eigenvalue weighted by atomic mass is 10.4. The predicted octanol–water partition coefficient (Wildman–Crippen LogP) is -0.243. The van der Waals surface area contributed by atoms with Crippen LogP contribution in [0.3, 0.4) is 0 Å². The fraction of sp³-hybridized carbons (Fsp3) is 0.583. The first-order valence-electron chi connectivity index (χ1n) is 6.41. The zero-order valence-electron chi connectivity index (χ0n) is 11.1. The molecule has 1 fully saturated rings. The molecule has 1 aliphatic rings. The quantitative estimate of drug-likeness (QED) is 0.721. The Morgan fingerprint density at radius 3 is 2.95 bits per heavy atom. The van der Waals surface area contributed by atoms with Gasteiger partial charge in [-0.15, -0.1) is 0 Å². The summed E-state index contributed by atoms with van der Waals surface area (Å²) in [5.41, 5.74) is 0. The van der Waals surface area contributed by atoms with Gasteiger partial charge in [0.15, 0.2) is 0 Å². The smallest absolute Gasteiger partial charge is 0.320 e. The van der Waals surface area contributed by atoms with E-state index in [1.54, 1.807) is 23.0 Å². The van der Waals surface area contributed by atoms with Gasteiger partial charge in [-0.2, -0.15) is 5.10 Å². The van der Waals surface area contributed by atoms with Gasteiger partial charge in [-0.3, -0.25) is 9.48 Å². The van der Waals surface area contributed by atoms with Crippen LogP contribution < -0.4 is 5.32 Å². The van der Waals surface area contributed by atoms with E-state index in [1.165, 1.54) is 0 Å². The van der Waals surface area contributed by atoms with Crippen molar-refractivity contribution in [3.05, 3.63) is 18.5 Å². The molecule has 104 valence electrons. The van der Waals surface area contributed by atoms with E-state index in [9.17, 15) is 9.59 Å². The van der Waals surface area contributed by atoms with Gasteiger partial charge < -0.3 is 15.1 Å². The molecule has 2 rings (SSSR count). The molecule has 0 bridgehead atoms. The number of carbonyl (C=O) groups is 2. The second kappa shape index (κ2) is 6.21. The van der Waals surface area contributed by atoms with Crippen LogP contribution in [0.25, 0.3) is 0 Å². The Bertz CT molecular complexity index is 431. The van der Waals surface area contributed by atoms with Crippen LogP contribution in [0, 0.1) is 0 Å². The minimum atomic E-state index is -0.107. The minimum absolute atomic E-state index is 0.0771. The van der Waals surface area contributed by atoms with E-state index in [0.29, 0.717) is 19.6 Å². The van der Waals surface area contributed by atoms with E-state index in [-0.39, 0.29) is 18.5 Å². The molecule has 0 spiro atoms. The average molecular weight is 265 g/mol. The van der Waals surface area contributed by atoms with Crippen molar-refractivity contribution in [1.29, 1.82) is 0 Å². The summed E-state index contributed by atoms with van der Waals surface area (Å²) in [7, 11) is 1.74. The minimum Gasteiger partial charge on any atom is -0.354 e. The highest BCUT2D eigenvalue weighted by Crippen LogP contribution is 2.04. The van der Waals surface area contributed by atoms with Crippen LogP contribution in [0.1, 0.15) is 6.42 Å². The molecule has 0 aliphatic carbocycles. The number of aromatic nitrogens is 2. The van der Waals surface area contributed by atoms with Gasteiger partial charge in [-0.1, -0.05) is 0 Å². The topological polar surface area (TPSA) is 70.5 Å². The highest BCUT2D eigenvalue weighted by molar-refractivity contribution is 5.84. The van der Waals surface area contributed by atoms with Crippen molar-refractivity contribution in [1.82, 2.24) is 24.9 Å². The van der Waals surface area contributed by atoms with Crippen LogP contribution in [0.2, 0.25) is 0 Å². The molecule has 2 heterocycles. The van der Waals surface area contributed by atoms with Crippen molar-refractivity contribution < 1.29 is 9.59 Å². The fourth-order valence-electron chi connectivity index (χ4n) is 1.98. The number of amides is 3. The third kappa shape index (κ3) is 3.70. The number of aryl methyl sites for hydroxylation is 1. The zero-order valence-corrected chi connectivity index (χ0v) is 11.1. The van der Waals surface area contributed by atoms with E-state index in [0.717, 1.165) is 13.0 Å². The summed E-state index contributed by atoms with van der Waals surface area (Å²) in [5, 5.41) is 6.89. The number of likely N-dealkylation sites (N-methyl/N-ethyl adjacent to an activating group) is 1. The lowest BCUT2D eigenvalue weighted by Crippen LogP contribution is -2.39. The van der Waals surface area contributed by atoms with E-state index in [4.69, 9.17) is 0 Å². The number of nitrogens with zero attached hydrogens (tertiary/aromatic N) is 4. The molecule has 19 heavy (non-hydrogen) atoms. The van der Waals surface area contributed by atoms with Crippen LogP contribution in [-0.2, 0) is 11.3 Å². The molecule has 0 aromatic carbocycles. The van der Waals surface area contributed by atoms with Crippen LogP contribution in [-0.4, -0.2) is 64.7 Å². The first-order chi connectivity index (χ1) is 9.16. The Morgan fingerprint density at radius 2 is 2.32 bits per heavy atom. The highest BCUT2D eigenvalue weighted by Gasteiger charge is 2.26. The lowest BCUT2D eigenvalue weighted by molar-refractivity contribution is -0.121. The maximum atomic E-state index is 11.7. The molecule has 1 aromatic heterocycles. The van der Waals surface area contributed by atoms with Crippen LogP contribution in [0.4, 0.5) is 4.79 Å². The molecule has 1 aromatic rings. The van der Waals surface area contributed by atoms with Gasteiger partial charge in [-0.05, 0) is 12.5 Å². The molecule has 0 saturated carbocycles. The number of carbonyl (C=O) groups excluding carboxylic acids is 2. The maximum absolute atomic E-state index is 11.7. The van der Waals surface area contributed by atoms with Crippen molar-refractivity contribution in [2.45, 2.75) is 13.0 Å². The van der Waals surface area contributed by atoms with E-state index >= 15 is 0 Å². The van der Waals surface area contributed by atoms with Gasteiger partial charge in [0, 0.05) is 45.6 Å². The standard InChI is InChI=1S/C12H19N5O2/c1-15-8-9-16(12(15)19)10-11(18)13-4-2-6-17-7-3-5-14-17/h3,5,7H,2,4,6,8-10H2,1H3,(H,13,18). The summed E-state index contributed by atoms with van der Waals surface area (Å²) in [6.45, 7) is 2.82. The molecule has 0 radical (unpaired) electrons. The molecule has 0 atom stereocenters. The van der Waals surface area contributed by atoms with Crippen LogP contribution in [0.5, 0.6) is 0 Å². The first kappa shape index (κ1) is 13.4. The van der Waals surface area contributed by atoms with Crippen molar-refractivity contribution in [3.63, 3.8) is 0 Å². The summed E-state index contributed by atoms with van der Waals surface area (Å²) in [5.74, 6) is -0.107. The van der Waals surface area contributed by atoms with E-state index in [2.05, 4.69) is 10.4 Å². The molecule has 1 N–H and O–H groups in total. The number of rotatable bonds is 6. The molecule has 1 aliphatic heterocycles. The van der Waals surface area contributed by atoms with Gasteiger partial charge in [0.1, 0.15) is 6.54 Å². The largest absolute Gasteiger partial charge is 0.354 e. The van der Waals surface area contributed by atoms with Gasteiger partial charge in [0.2, 0.25) is 5.91 Å². The second-order valence-electron chi connectivity index (χ2n) is 4.60. The summed E-state index contributed by atoms with van der Waals surface area (Å²) in [6.07, 6.45) is 4.44. The molecule has 1 saturated heterocycles. The third-order valence-electron chi connectivity index (χ3n) is 3.08. The van der Waals surface area contributed by atoms with E-state index < -0.39 is 0 Å². The molecular formula is C12H19N5O2. The third-order valence-corrected chi connectivity index (χ3v) is 3.08. The normalized spacial score (nSPS) is 15.1. The maximum Gasteiger partial charge on any atom is 0.320 e. The van der Waals surface area contributed by atoms with Crippen molar-refractivity contribution in [2.75, 3.05) is 33.2 Å². The van der Waals surface area contributed by atoms with Crippen molar-refractivity contribution in [2.24, 2.45) is 0 Å². The number of urea groups is 1. The highest BCUT2D eigenvalue weighted by atomic mass is 16.2. The van der Waals surface area contributed by atoms with E-state index in [1.807, 2.05) is 16.9 Å². The molecule has 0 unspecified atom stereocenters. The van der Waals surface area contributed by atoms with Crippen molar-refractivity contribution >= 4 is 11.9 Å². The number of hydrogen-bond donors (Lipinski definition) is 1. The summed E-state index contributed by atoms with van der Waals surface area (Å²) < 4.78 is 1.82. The molecule has 7 heteroatoms. The zero-order chi connectivity index (χ0) is 13.7. The number of hydrogen-bond acceptors (Lipinski definition) is 3. The lowest BCUT2D eigenvalue weighted by Gasteiger charge is -2.15. The summed E-state index contributed by atoms with van der Waals surface area (Å²) in [4.78, 5) is 26.4. The Balaban J connectivity index is 1.61.